The van der Waals surface area contributed by atoms with Crippen molar-refractivity contribution in [2.24, 2.45) is 0 Å². The van der Waals surface area contributed by atoms with Crippen LogP contribution in [0.4, 0.5) is 0 Å². The summed E-state index contributed by atoms with van der Waals surface area (Å²) in [5.41, 5.74) is 0.197. The third kappa shape index (κ3) is 2.65. The molecule has 1 unspecified atom stereocenters. The molecule has 5 heteroatoms. The molecular weight excluding hydrogens is 226 g/mol. The van der Waals surface area contributed by atoms with Gasteiger partial charge in [0, 0.05) is 10.9 Å². The number of ether oxygens (including phenoxy) is 1. The van der Waals surface area contributed by atoms with Gasteiger partial charge in [-0.05, 0) is 6.92 Å². The third-order valence-corrected chi connectivity index (χ3v) is 1.36. The molecule has 4 nitrogen and oxygen atoms in total. The number of halogens is 1. The van der Waals surface area contributed by atoms with Gasteiger partial charge in [-0.2, -0.15) is 0 Å². The van der Waals surface area contributed by atoms with Crippen LogP contribution < -0.4 is 0 Å². The zero-order chi connectivity index (χ0) is 8.97. The van der Waals surface area contributed by atoms with Crippen LogP contribution in [0, 0.1) is 0 Å². The summed E-state index contributed by atoms with van der Waals surface area (Å²) in [6.07, 6.45) is 1.33. The SMILES string of the molecule is CC(Br)COC(=O)c1ccon1. The van der Waals surface area contributed by atoms with Gasteiger partial charge in [-0.1, -0.05) is 21.1 Å². The highest BCUT2D eigenvalue weighted by atomic mass is 79.9. The van der Waals surface area contributed by atoms with E-state index in [1.807, 2.05) is 6.92 Å². The summed E-state index contributed by atoms with van der Waals surface area (Å²) in [4.78, 5) is 11.2. The van der Waals surface area contributed by atoms with Gasteiger partial charge in [0.25, 0.3) is 0 Å². The minimum atomic E-state index is -0.463. The highest BCUT2D eigenvalue weighted by Gasteiger charge is 2.10. The number of carbonyl (C=O) groups excluding carboxylic acids is 1. The molecule has 0 aliphatic carbocycles. The largest absolute Gasteiger partial charge is 0.460 e. The molecule has 1 aromatic rings. The van der Waals surface area contributed by atoms with E-state index < -0.39 is 5.97 Å². The Hall–Kier alpha value is -0.840. The molecule has 0 aliphatic rings. The molecule has 0 spiro atoms. The third-order valence-electron chi connectivity index (χ3n) is 1.09. The summed E-state index contributed by atoms with van der Waals surface area (Å²) in [7, 11) is 0. The lowest BCUT2D eigenvalue weighted by atomic mass is 10.4. The van der Waals surface area contributed by atoms with Gasteiger partial charge < -0.3 is 9.26 Å². The van der Waals surface area contributed by atoms with E-state index in [0.717, 1.165) is 0 Å². The van der Waals surface area contributed by atoms with Gasteiger partial charge in [0.15, 0.2) is 5.69 Å². The molecule has 66 valence electrons. The van der Waals surface area contributed by atoms with E-state index in [0.29, 0.717) is 6.61 Å². The van der Waals surface area contributed by atoms with Crippen LogP contribution in [0.5, 0.6) is 0 Å². The summed E-state index contributed by atoms with van der Waals surface area (Å²) in [5, 5.41) is 3.43. The van der Waals surface area contributed by atoms with Crippen LogP contribution in [0.15, 0.2) is 16.9 Å². The van der Waals surface area contributed by atoms with Crippen molar-refractivity contribution in [3.63, 3.8) is 0 Å². The maximum atomic E-state index is 11.0. The van der Waals surface area contributed by atoms with E-state index in [1.54, 1.807) is 0 Å². The molecule has 1 heterocycles. The van der Waals surface area contributed by atoms with E-state index >= 15 is 0 Å². The van der Waals surface area contributed by atoms with E-state index in [-0.39, 0.29) is 10.5 Å². The number of carbonyl (C=O) groups is 1. The van der Waals surface area contributed by atoms with Crippen LogP contribution in [-0.4, -0.2) is 22.6 Å². The number of hydrogen-bond donors (Lipinski definition) is 0. The number of nitrogens with zero attached hydrogens (tertiary/aromatic N) is 1. The fourth-order valence-corrected chi connectivity index (χ4v) is 0.714. The van der Waals surface area contributed by atoms with Gasteiger partial charge in [-0.3, -0.25) is 0 Å². The van der Waals surface area contributed by atoms with Crippen LogP contribution in [0.1, 0.15) is 17.4 Å². The average molecular weight is 234 g/mol. The van der Waals surface area contributed by atoms with Crippen LogP contribution in [-0.2, 0) is 4.74 Å². The Morgan fingerprint density at radius 2 is 2.67 bits per heavy atom. The van der Waals surface area contributed by atoms with Crippen molar-refractivity contribution in [3.8, 4) is 0 Å². The lowest BCUT2D eigenvalue weighted by molar-refractivity contribution is 0.0500. The van der Waals surface area contributed by atoms with Crippen molar-refractivity contribution < 1.29 is 14.1 Å². The summed E-state index contributed by atoms with van der Waals surface area (Å²) >= 11 is 3.25. The summed E-state index contributed by atoms with van der Waals surface area (Å²) in [5.74, 6) is -0.463. The first kappa shape index (κ1) is 9.25. The van der Waals surface area contributed by atoms with Crippen molar-refractivity contribution in [1.82, 2.24) is 5.16 Å². The molecular formula is C7H8BrNO3. The molecule has 1 aromatic heterocycles. The number of hydrogen-bond acceptors (Lipinski definition) is 4. The number of aromatic nitrogens is 1. The minimum Gasteiger partial charge on any atom is -0.460 e. The van der Waals surface area contributed by atoms with Crippen LogP contribution in [0.2, 0.25) is 0 Å². The highest BCUT2D eigenvalue weighted by molar-refractivity contribution is 9.09. The van der Waals surface area contributed by atoms with Crippen molar-refractivity contribution >= 4 is 21.9 Å². The van der Waals surface area contributed by atoms with Crippen LogP contribution in [0.3, 0.4) is 0 Å². The Bertz CT molecular complexity index is 245. The van der Waals surface area contributed by atoms with E-state index in [4.69, 9.17) is 4.74 Å². The molecule has 0 aliphatic heterocycles. The molecule has 12 heavy (non-hydrogen) atoms. The Kier molecular flexibility index (Phi) is 3.28. The molecule has 0 saturated heterocycles. The molecule has 0 aromatic carbocycles. The first-order chi connectivity index (χ1) is 5.70. The maximum absolute atomic E-state index is 11.0. The quantitative estimate of drug-likeness (QED) is 0.588. The standard InChI is InChI=1S/C7H8BrNO3/c1-5(8)4-11-7(10)6-2-3-12-9-6/h2-3,5H,4H2,1H3. The fourth-order valence-electron chi connectivity index (χ4n) is 0.582. The minimum absolute atomic E-state index is 0.147. The monoisotopic (exact) mass is 233 g/mol. The summed E-state index contributed by atoms with van der Waals surface area (Å²) in [6.45, 7) is 2.21. The molecule has 0 amide bonds. The van der Waals surface area contributed by atoms with Gasteiger partial charge >= 0.3 is 5.97 Å². The number of esters is 1. The lowest BCUT2D eigenvalue weighted by Crippen LogP contribution is -2.11. The predicted molar refractivity (Wildman–Crippen MR) is 45.2 cm³/mol. The van der Waals surface area contributed by atoms with E-state index in [2.05, 4.69) is 25.6 Å². The zero-order valence-electron chi connectivity index (χ0n) is 6.49. The van der Waals surface area contributed by atoms with Gasteiger partial charge in [-0.15, -0.1) is 0 Å². The summed E-state index contributed by atoms with van der Waals surface area (Å²) in [6, 6.07) is 1.46. The van der Waals surface area contributed by atoms with Crippen LogP contribution in [0.25, 0.3) is 0 Å². The molecule has 0 bridgehead atoms. The average Bonchev–Trinajstić information content (AvgIpc) is 2.51. The van der Waals surface area contributed by atoms with Gasteiger partial charge in [-0.25, -0.2) is 4.79 Å². The first-order valence-corrected chi connectivity index (χ1v) is 4.33. The smallest absolute Gasteiger partial charge is 0.360 e. The van der Waals surface area contributed by atoms with E-state index in [1.165, 1.54) is 12.3 Å². The van der Waals surface area contributed by atoms with Gasteiger partial charge in [0.1, 0.15) is 12.9 Å². The molecule has 0 saturated carbocycles. The van der Waals surface area contributed by atoms with Crippen molar-refractivity contribution in [1.29, 1.82) is 0 Å². The second-order valence-corrected chi connectivity index (χ2v) is 3.83. The summed E-state index contributed by atoms with van der Waals surface area (Å²) < 4.78 is 9.32. The second-order valence-electron chi connectivity index (χ2n) is 2.26. The molecule has 0 radical (unpaired) electrons. The van der Waals surface area contributed by atoms with E-state index in [9.17, 15) is 4.79 Å². The fraction of sp³-hybridized carbons (Fsp3) is 0.429. The predicted octanol–water partition coefficient (Wildman–Crippen LogP) is 1.61. The first-order valence-electron chi connectivity index (χ1n) is 3.41. The van der Waals surface area contributed by atoms with Gasteiger partial charge in [0.05, 0.1) is 0 Å². The van der Waals surface area contributed by atoms with Crippen molar-refractivity contribution in [3.05, 3.63) is 18.0 Å². The Balaban J connectivity index is 2.40. The topological polar surface area (TPSA) is 52.3 Å². The normalized spacial score (nSPS) is 12.5. The lowest BCUT2D eigenvalue weighted by Gasteiger charge is -2.02. The maximum Gasteiger partial charge on any atom is 0.360 e. The molecule has 1 atom stereocenters. The number of alkyl halides is 1. The van der Waals surface area contributed by atoms with Gasteiger partial charge in [0.2, 0.25) is 0 Å². The Morgan fingerprint density at radius 3 is 3.17 bits per heavy atom. The van der Waals surface area contributed by atoms with Crippen LogP contribution >= 0.6 is 15.9 Å². The highest BCUT2D eigenvalue weighted by Crippen LogP contribution is 2.01. The second kappa shape index (κ2) is 4.25. The van der Waals surface area contributed by atoms with Crippen molar-refractivity contribution in [2.45, 2.75) is 11.8 Å². The zero-order valence-corrected chi connectivity index (χ0v) is 8.08. The molecule has 0 N–H and O–H groups in total. The Morgan fingerprint density at radius 1 is 1.92 bits per heavy atom. The number of rotatable bonds is 3. The molecule has 0 fully saturated rings. The Labute approximate surface area is 78.0 Å². The molecule has 1 rings (SSSR count). The van der Waals surface area contributed by atoms with Crippen molar-refractivity contribution in [2.75, 3.05) is 6.61 Å².